The lowest BCUT2D eigenvalue weighted by Gasteiger charge is -2.38. The van der Waals surface area contributed by atoms with Crippen LogP contribution >= 0.6 is 0 Å². The largest absolute Gasteiger partial charge is 0.416 e. The molecule has 0 amide bonds. The number of piperidine rings is 1. The van der Waals surface area contributed by atoms with Crippen LogP contribution in [0.15, 0.2) is 42.9 Å². The van der Waals surface area contributed by atoms with Crippen molar-refractivity contribution in [1.29, 1.82) is 0 Å². The van der Waals surface area contributed by atoms with E-state index in [1.807, 2.05) is 37.4 Å². The van der Waals surface area contributed by atoms with Crippen LogP contribution in [0.25, 0.3) is 11.0 Å². The molecule has 0 aliphatic carbocycles. The van der Waals surface area contributed by atoms with Crippen LogP contribution in [0.1, 0.15) is 56.5 Å². The Morgan fingerprint density at radius 2 is 1.89 bits per heavy atom. The number of hydrogen-bond acceptors (Lipinski definition) is 6. The molecule has 4 rings (SSSR count). The zero-order valence-corrected chi connectivity index (χ0v) is 24.5. The second-order valence-electron chi connectivity index (χ2n) is 12.0. The summed E-state index contributed by atoms with van der Waals surface area (Å²) in [6.07, 6.45) is 6.71. The fourth-order valence-electron chi connectivity index (χ4n) is 4.84. The lowest BCUT2D eigenvalue weighted by molar-refractivity contribution is 0.0849. The first-order valence-electron chi connectivity index (χ1n) is 13.5. The molecule has 200 valence electrons. The molecule has 1 aromatic carbocycles. The predicted molar refractivity (Wildman–Crippen MR) is 154 cm³/mol. The molecule has 0 saturated carbocycles. The molecule has 1 fully saturated rings. The average molecular weight is 522 g/mol. The maximum atomic E-state index is 12.9. The van der Waals surface area contributed by atoms with Gasteiger partial charge in [-0.15, -0.1) is 0 Å². The highest BCUT2D eigenvalue weighted by atomic mass is 28.4. The number of ketones is 1. The SMILES string of the molecule is CC1CCC(Nc2ncnc3c2c(CCO[Si](C)(C)C(C)(C)C)cn3C)CN1CC(=O)c1ccccc1. The fraction of sp³-hybridized carbons (Fsp3) is 0.552. The molecule has 2 aromatic heterocycles. The minimum absolute atomic E-state index is 0.171. The topological polar surface area (TPSA) is 72.3 Å². The Labute approximate surface area is 222 Å². The molecule has 0 radical (unpaired) electrons. The molecule has 3 aromatic rings. The van der Waals surface area contributed by atoms with E-state index in [1.165, 1.54) is 5.56 Å². The highest BCUT2D eigenvalue weighted by Gasteiger charge is 2.37. The highest BCUT2D eigenvalue weighted by Crippen LogP contribution is 2.37. The number of carbonyl (C=O) groups excluding carboxylic acids is 1. The minimum Gasteiger partial charge on any atom is -0.416 e. The third-order valence-electron chi connectivity index (χ3n) is 8.27. The fourth-order valence-corrected chi connectivity index (χ4v) is 5.89. The van der Waals surface area contributed by atoms with Crippen LogP contribution in [-0.2, 0) is 17.9 Å². The summed E-state index contributed by atoms with van der Waals surface area (Å²) in [5.74, 6) is 1.05. The summed E-state index contributed by atoms with van der Waals surface area (Å²) in [5.41, 5.74) is 2.91. The van der Waals surface area contributed by atoms with E-state index in [9.17, 15) is 4.79 Å². The number of anilines is 1. The smallest absolute Gasteiger partial charge is 0.191 e. The molecule has 7 nitrogen and oxygen atoms in total. The van der Waals surface area contributed by atoms with Crippen LogP contribution in [0, 0.1) is 0 Å². The number of fused-ring (bicyclic) bond motifs is 1. The first kappa shape index (κ1) is 27.5. The summed E-state index contributed by atoms with van der Waals surface area (Å²) < 4.78 is 8.56. The minimum atomic E-state index is -1.81. The number of carbonyl (C=O) groups is 1. The van der Waals surface area contributed by atoms with Gasteiger partial charge in [-0.05, 0) is 49.9 Å². The Bertz CT molecular complexity index is 1220. The van der Waals surface area contributed by atoms with Crippen LogP contribution in [0.5, 0.6) is 0 Å². The third-order valence-corrected chi connectivity index (χ3v) is 12.8. The summed E-state index contributed by atoms with van der Waals surface area (Å²) >= 11 is 0. The molecule has 2 unspecified atom stereocenters. The number of rotatable bonds is 9. The quantitative estimate of drug-likeness (QED) is 0.288. The van der Waals surface area contributed by atoms with Crippen LogP contribution < -0.4 is 5.32 Å². The van der Waals surface area contributed by atoms with Gasteiger partial charge in [0.25, 0.3) is 0 Å². The Hall–Kier alpha value is -2.55. The number of nitrogens with zero attached hydrogens (tertiary/aromatic N) is 4. The number of Topliss-reactive ketones (excluding diaryl/α,β-unsaturated/α-hetero) is 1. The van der Waals surface area contributed by atoms with E-state index in [0.29, 0.717) is 19.2 Å². The van der Waals surface area contributed by atoms with E-state index < -0.39 is 8.32 Å². The molecule has 1 N–H and O–H groups in total. The predicted octanol–water partition coefficient (Wildman–Crippen LogP) is 5.68. The van der Waals surface area contributed by atoms with Crippen molar-refractivity contribution < 1.29 is 9.22 Å². The number of benzene rings is 1. The Morgan fingerprint density at radius 3 is 2.59 bits per heavy atom. The van der Waals surface area contributed by atoms with Gasteiger partial charge in [0.2, 0.25) is 0 Å². The lowest BCUT2D eigenvalue weighted by atomic mass is 9.98. The molecule has 0 bridgehead atoms. The van der Waals surface area contributed by atoms with Crippen molar-refractivity contribution in [1.82, 2.24) is 19.4 Å². The lowest BCUT2D eigenvalue weighted by Crippen LogP contribution is -2.48. The van der Waals surface area contributed by atoms with Gasteiger partial charge in [0, 0.05) is 44.0 Å². The zero-order valence-electron chi connectivity index (χ0n) is 23.5. The summed E-state index contributed by atoms with van der Waals surface area (Å²) in [5, 5.41) is 4.99. The molecule has 1 aliphatic rings. The zero-order chi connectivity index (χ0) is 26.8. The van der Waals surface area contributed by atoms with Crippen molar-refractivity contribution in [2.24, 2.45) is 7.05 Å². The molecule has 1 saturated heterocycles. The third kappa shape index (κ3) is 6.30. The number of nitrogens with one attached hydrogen (secondary N) is 1. The van der Waals surface area contributed by atoms with Crippen molar-refractivity contribution in [2.45, 2.75) is 77.2 Å². The molecular weight excluding hydrogens is 478 g/mol. The maximum Gasteiger partial charge on any atom is 0.191 e. The molecule has 2 atom stereocenters. The number of likely N-dealkylation sites (tertiary alicyclic amines) is 1. The first-order chi connectivity index (χ1) is 17.5. The number of aromatic nitrogens is 3. The summed E-state index contributed by atoms with van der Waals surface area (Å²) in [6, 6.07) is 10.2. The van der Waals surface area contributed by atoms with Crippen molar-refractivity contribution in [2.75, 3.05) is 25.0 Å². The average Bonchev–Trinajstić information content (AvgIpc) is 3.17. The van der Waals surface area contributed by atoms with Gasteiger partial charge in [-0.2, -0.15) is 0 Å². The summed E-state index contributed by atoms with van der Waals surface area (Å²) in [4.78, 5) is 24.4. The number of aryl methyl sites for hydroxylation is 1. The molecule has 1 aliphatic heterocycles. The van der Waals surface area contributed by atoms with Gasteiger partial charge in [0.15, 0.2) is 14.1 Å². The van der Waals surface area contributed by atoms with Crippen LogP contribution in [-0.4, -0.2) is 65.3 Å². The Balaban J connectivity index is 1.48. The molecule has 0 spiro atoms. The molecule has 37 heavy (non-hydrogen) atoms. The molecule has 3 heterocycles. The van der Waals surface area contributed by atoms with Crippen molar-refractivity contribution in [3.63, 3.8) is 0 Å². The van der Waals surface area contributed by atoms with E-state index in [4.69, 9.17) is 4.43 Å². The van der Waals surface area contributed by atoms with Gasteiger partial charge in [-0.25, -0.2) is 9.97 Å². The molecule has 8 heteroatoms. The van der Waals surface area contributed by atoms with Gasteiger partial charge in [-0.3, -0.25) is 9.69 Å². The van der Waals surface area contributed by atoms with E-state index in [-0.39, 0.29) is 16.9 Å². The van der Waals surface area contributed by atoms with Crippen molar-refractivity contribution in [3.05, 3.63) is 54.0 Å². The van der Waals surface area contributed by atoms with Gasteiger partial charge < -0.3 is 14.3 Å². The van der Waals surface area contributed by atoms with E-state index in [1.54, 1.807) is 6.33 Å². The Morgan fingerprint density at radius 1 is 1.16 bits per heavy atom. The van der Waals surface area contributed by atoms with Gasteiger partial charge in [0.05, 0.1) is 11.9 Å². The number of hydrogen-bond donors (Lipinski definition) is 1. The second-order valence-corrected chi connectivity index (χ2v) is 16.8. The highest BCUT2D eigenvalue weighted by molar-refractivity contribution is 6.74. The second kappa shape index (κ2) is 11.1. The van der Waals surface area contributed by atoms with Crippen LogP contribution in [0.3, 0.4) is 0 Å². The maximum absolute atomic E-state index is 12.9. The Kier molecular flexibility index (Phi) is 8.21. The van der Waals surface area contributed by atoms with E-state index >= 15 is 0 Å². The normalized spacial score (nSPS) is 19.3. The summed E-state index contributed by atoms with van der Waals surface area (Å²) in [7, 11) is 0.231. The molecular formula is C29H43N5O2Si. The van der Waals surface area contributed by atoms with Crippen molar-refractivity contribution >= 4 is 31.0 Å². The van der Waals surface area contributed by atoms with Crippen LogP contribution in [0.2, 0.25) is 18.1 Å². The van der Waals surface area contributed by atoms with Crippen molar-refractivity contribution in [3.8, 4) is 0 Å². The monoisotopic (exact) mass is 521 g/mol. The van der Waals surface area contributed by atoms with Gasteiger partial charge in [0.1, 0.15) is 17.8 Å². The van der Waals surface area contributed by atoms with E-state index in [0.717, 1.165) is 48.2 Å². The van der Waals surface area contributed by atoms with E-state index in [2.05, 4.69) is 71.7 Å². The van der Waals surface area contributed by atoms with Gasteiger partial charge in [-0.1, -0.05) is 51.1 Å². The van der Waals surface area contributed by atoms with Crippen LogP contribution in [0.4, 0.5) is 5.82 Å². The first-order valence-corrected chi connectivity index (χ1v) is 16.4. The summed E-state index contributed by atoms with van der Waals surface area (Å²) in [6.45, 7) is 15.6. The standard InChI is InChI=1S/C29H43N5O2Si/c1-21-13-14-24(18-34(21)19-25(35)22-11-9-8-10-12-22)32-27-26-23(17-33(5)28(26)31-20-30-27)15-16-36-37(6,7)29(2,3)4/h8-12,17,20-21,24H,13-16,18-19H2,1-7H3,(H,30,31,32). The van der Waals surface area contributed by atoms with Gasteiger partial charge >= 0.3 is 0 Å².